The normalized spacial score (nSPS) is 19.4. The topological polar surface area (TPSA) is 41.6 Å². The molecule has 2 rings (SSSR count). The second kappa shape index (κ2) is 7.09. The van der Waals surface area contributed by atoms with Crippen LogP contribution >= 0.6 is 11.3 Å². The van der Waals surface area contributed by atoms with E-state index in [4.69, 9.17) is 4.74 Å². The average molecular weight is 296 g/mol. The summed E-state index contributed by atoms with van der Waals surface area (Å²) >= 11 is 1.46. The van der Waals surface area contributed by atoms with Gasteiger partial charge in [0, 0.05) is 19.1 Å². The van der Waals surface area contributed by atoms with E-state index in [-0.39, 0.29) is 5.91 Å². The van der Waals surface area contributed by atoms with Gasteiger partial charge in [-0.2, -0.15) is 0 Å². The maximum atomic E-state index is 12.6. The molecule has 0 spiro atoms. The largest absolute Gasteiger partial charge is 0.495 e. The minimum atomic E-state index is 0.117. The second-order valence-corrected chi connectivity index (χ2v) is 6.56. The van der Waals surface area contributed by atoms with Crippen molar-refractivity contribution in [1.29, 1.82) is 0 Å². The van der Waals surface area contributed by atoms with Gasteiger partial charge in [0.15, 0.2) is 0 Å². The molecule has 1 aromatic rings. The van der Waals surface area contributed by atoms with Crippen LogP contribution in [0, 0.1) is 5.92 Å². The van der Waals surface area contributed by atoms with Gasteiger partial charge in [0.2, 0.25) is 0 Å². The number of rotatable bonds is 5. The van der Waals surface area contributed by atoms with E-state index in [9.17, 15) is 4.79 Å². The molecule has 1 fully saturated rings. The molecule has 1 atom stereocenters. The van der Waals surface area contributed by atoms with Gasteiger partial charge in [-0.3, -0.25) is 4.79 Å². The maximum Gasteiger partial charge on any atom is 0.267 e. The third-order valence-electron chi connectivity index (χ3n) is 3.66. The number of piperidine rings is 1. The van der Waals surface area contributed by atoms with Gasteiger partial charge in [-0.25, -0.2) is 0 Å². The Morgan fingerprint density at radius 3 is 3.10 bits per heavy atom. The first-order chi connectivity index (χ1) is 9.61. The van der Waals surface area contributed by atoms with E-state index < -0.39 is 0 Å². The summed E-state index contributed by atoms with van der Waals surface area (Å²) in [4.78, 5) is 15.3. The Kier molecular flexibility index (Phi) is 5.43. The SMILES string of the molecule is COc1ccsc1C(=O)N1CCCC(CNC(C)C)C1. The van der Waals surface area contributed by atoms with Gasteiger partial charge >= 0.3 is 0 Å². The molecule has 0 saturated carbocycles. The zero-order chi connectivity index (χ0) is 14.5. The van der Waals surface area contributed by atoms with Crippen molar-refractivity contribution in [3.8, 4) is 5.75 Å². The molecule has 0 aromatic carbocycles. The third kappa shape index (κ3) is 3.73. The molecule has 20 heavy (non-hydrogen) atoms. The fourth-order valence-corrected chi connectivity index (χ4v) is 3.40. The van der Waals surface area contributed by atoms with Crippen molar-refractivity contribution in [3.05, 3.63) is 16.3 Å². The lowest BCUT2D eigenvalue weighted by molar-refractivity contribution is 0.0674. The Hall–Kier alpha value is -1.07. The minimum Gasteiger partial charge on any atom is -0.495 e. The van der Waals surface area contributed by atoms with Crippen LogP contribution in [0.1, 0.15) is 36.4 Å². The van der Waals surface area contributed by atoms with E-state index in [0.29, 0.717) is 17.7 Å². The van der Waals surface area contributed by atoms with E-state index in [2.05, 4.69) is 19.2 Å². The molecule has 0 radical (unpaired) electrons. The Morgan fingerprint density at radius 2 is 2.40 bits per heavy atom. The number of hydrogen-bond acceptors (Lipinski definition) is 4. The van der Waals surface area contributed by atoms with Gasteiger partial charge in [0.1, 0.15) is 10.6 Å². The van der Waals surface area contributed by atoms with Crippen molar-refractivity contribution in [2.75, 3.05) is 26.7 Å². The summed E-state index contributed by atoms with van der Waals surface area (Å²) in [6, 6.07) is 2.36. The molecule has 1 amide bonds. The number of thiophene rings is 1. The molecule has 0 bridgehead atoms. The molecule has 1 aromatic heterocycles. The van der Waals surface area contributed by atoms with Crippen LogP contribution in [0.3, 0.4) is 0 Å². The quantitative estimate of drug-likeness (QED) is 0.908. The van der Waals surface area contributed by atoms with Gasteiger partial charge in [0.05, 0.1) is 7.11 Å². The number of carbonyl (C=O) groups excluding carboxylic acids is 1. The van der Waals surface area contributed by atoms with Crippen LogP contribution in [0.15, 0.2) is 11.4 Å². The van der Waals surface area contributed by atoms with Crippen molar-refractivity contribution in [2.45, 2.75) is 32.7 Å². The van der Waals surface area contributed by atoms with E-state index in [1.807, 2.05) is 16.3 Å². The highest BCUT2D eigenvalue weighted by atomic mass is 32.1. The lowest BCUT2D eigenvalue weighted by Gasteiger charge is -2.33. The van der Waals surface area contributed by atoms with Crippen molar-refractivity contribution in [1.82, 2.24) is 10.2 Å². The highest BCUT2D eigenvalue weighted by Crippen LogP contribution is 2.27. The summed E-state index contributed by atoms with van der Waals surface area (Å²) in [5.41, 5.74) is 0. The summed E-state index contributed by atoms with van der Waals surface area (Å²) < 4.78 is 5.25. The first kappa shape index (κ1) is 15.3. The number of amides is 1. The molecular weight excluding hydrogens is 272 g/mol. The molecule has 1 unspecified atom stereocenters. The fourth-order valence-electron chi connectivity index (χ4n) is 2.58. The molecule has 5 heteroatoms. The van der Waals surface area contributed by atoms with E-state index in [1.54, 1.807) is 7.11 Å². The summed E-state index contributed by atoms with van der Waals surface area (Å²) in [5.74, 6) is 1.37. The molecule has 112 valence electrons. The maximum absolute atomic E-state index is 12.6. The first-order valence-electron chi connectivity index (χ1n) is 7.26. The molecule has 0 aliphatic carbocycles. The molecular formula is C15H24N2O2S. The van der Waals surface area contributed by atoms with Crippen molar-refractivity contribution < 1.29 is 9.53 Å². The zero-order valence-electron chi connectivity index (χ0n) is 12.5. The Balaban J connectivity index is 1.96. The first-order valence-corrected chi connectivity index (χ1v) is 8.14. The van der Waals surface area contributed by atoms with Gasteiger partial charge < -0.3 is 15.0 Å². The highest BCUT2D eigenvalue weighted by Gasteiger charge is 2.26. The summed E-state index contributed by atoms with van der Waals surface area (Å²) in [6.07, 6.45) is 2.29. The number of nitrogens with zero attached hydrogens (tertiary/aromatic N) is 1. The Labute approximate surface area is 125 Å². The monoisotopic (exact) mass is 296 g/mol. The minimum absolute atomic E-state index is 0.117. The predicted molar refractivity (Wildman–Crippen MR) is 82.6 cm³/mol. The van der Waals surface area contributed by atoms with Crippen LogP contribution in [-0.2, 0) is 0 Å². The van der Waals surface area contributed by atoms with Gasteiger partial charge in [-0.05, 0) is 36.8 Å². The Morgan fingerprint density at radius 1 is 1.60 bits per heavy atom. The molecule has 2 heterocycles. The summed E-state index contributed by atoms with van der Waals surface area (Å²) in [7, 11) is 1.62. The lowest BCUT2D eigenvalue weighted by atomic mass is 9.97. The van der Waals surface area contributed by atoms with E-state index in [0.717, 1.165) is 30.9 Å². The third-order valence-corrected chi connectivity index (χ3v) is 4.55. The number of methoxy groups -OCH3 is 1. The molecule has 1 N–H and O–H groups in total. The number of hydrogen-bond donors (Lipinski definition) is 1. The fraction of sp³-hybridized carbons (Fsp3) is 0.667. The van der Waals surface area contributed by atoms with Crippen LogP contribution in [0.4, 0.5) is 0 Å². The number of ether oxygens (including phenoxy) is 1. The second-order valence-electron chi connectivity index (χ2n) is 5.64. The summed E-state index contributed by atoms with van der Waals surface area (Å²) in [6.45, 7) is 7.01. The number of likely N-dealkylation sites (tertiary alicyclic amines) is 1. The van der Waals surface area contributed by atoms with Crippen LogP contribution in [-0.4, -0.2) is 43.6 Å². The summed E-state index contributed by atoms with van der Waals surface area (Å²) in [5, 5.41) is 5.38. The van der Waals surface area contributed by atoms with Crippen LogP contribution in [0.2, 0.25) is 0 Å². The average Bonchev–Trinajstić information content (AvgIpc) is 2.93. The van der Waals surface area contributed by atoms with Crippen molar-refractivity contribution in [2.24, 2.45) is 5.92 Å². The Bertz CT molecular complexity index is 445. The van der Waals surface area contributed by atoms with Crippen LogP contribution in [0.5, 0.6) is 5.75 Å². The lowest BCUT2D eigenvalue weighted by Crippen LogP contribution is -2.43. The van der Waals surface area contributed by atoms with E-state index >= 15 is 0 Å². The van der Waals surface area contributed by atoms with Crippen molar-refractivity contribution >= 4 is 17.2 Å². The molecule has 4 nitrogen and oxygen atoms in total. The van der Waals surface area contributed by atoms with Gasteiger partial charge in [-0.15, -0.1) is 11.3 Å². The molecule has 1 aliphatic rings. The smallest absolute Gasteiger partial charge is 0.267 e. The number of nitrogens with one attached hydrogen (secondary N) is 1. The number of carbonyl (C=O) groups is 1. The molecule has 1 saturated heterocycles. The van der Waals surface area contributed by atoms with Crippen LogP contribution < -0.4 is 10.1 Å². The zero-order valence-corrected chi connectivity index (χ0v) is 13.3. The molecule has 1 aliphatic heterocycles. The van der Waals surface area contributed by atoms with Gasteiger partial charge in [-0.1, -0.05) is 13.8 Å². The highest BCUT2D eigenvalue weighted by molar-refractivity contribution is 7.12. The van der Waals surface area contributed by atoms with Crippen LogP contribution in [0.25, 0.3) is 0 Å². The van der Waals surface area contributed by atoms with E-state index in [1.165, 1.54) is 17.8 Å². The predicted octanol–water partition coefficient (Wildman–Crippen LogP) is 2.61. The standard InChI is InChI=1S/C15H24N2O2S/c1-11(2)16-9-12-5-4-7-17(10-12)15(18)14-13(19-3)6-8-20-14/h6,8,11-12,16H,4-5,7,9-10H2,1-3H3. The van der Waals surface area contributed by atoms with Crippen molar-refractivity contribution in [3.63, 3.8) is 0 Å². The van der Waals surface area contributed by atoms with Gasteiger partial charge in [0.25, 0.3) is 5.91 Å².